The number of hydrogen-bond donors (Lipinski definition) is 1. The lowest BCUT2D eigenvalue weighted by molar-refractivity contribution is -0.324. The predicted molar refractivity (Wildman–Crippen MR) is 178 cm³/mol. The van der Waals surface area contributed by atoms with Crippen LogP contribution in [0, 0.1) is 11.3 Å². The third-order valence-corrected chi connectivity index (χ3v) is 9.75. The first kappa shape index (κ1) is 35.5. The van der Waals surface area contributed by atoms with Gasteiger partial charge >= 0.3 is 6.36 Å². The number of tetrazole rings is 1. The molecule has 52 heavy (non-hydrogen) atoms. The normalized spacial score (nSPS) is 22.5. The summed E-state index contributed by atoms with van der Waals surface area (Å²) in [7, 11) is 0. The summed E-state index contributed by atoms with van der Waals surface area (Å²) in [6.45, 7) is 3.33. The molecule has 15 nitrogen and oxygen atoms in total. The molecule has 7 rings (SSSR count). The van der Waals surface area contributed by atoms with Crippen LogP contribution in [0.2, 0.25) is 0 Å². The van der Waals surface area contributed by atoms with Gasteiger partial charge in [0, 0.05) is 42.5 Å². The van der Waals surface area contributed by atoms with E-state index in [4.69, 9.17) is 19.3 Å². The van der Waals surface area contributed by atoms with Crippen molar-refractivity contribution in [3.8, 4) is 28.8 Å². The Morgan fingerprint density at radius 1 is 1.00 bits per heavy atom. The van der Waals surface area contributed by atoms with E-state index in [1.165, 1.54) is 19.2 Å². The topological polar surface area (TPSA) is 163 Å². The van der Waals surface area contributed by atoms with Crippen molar-refractivity contribution in [3.05, 3.63) is 48.7 Å². The summed E-state index contributed by atoms with van der Waals surface area (Å²) < 4.78 is 62.5. The molecule has 3 aromatic heterocycles. The largest absolute Gasteiger partial charge is 0.522 e. The van der Waals surface area contributed by atoms with Gasteiger partial charge in [-0.1, -0.05) is 6.07 Å². The number of morpholine rings is 1. The molecule has 3 atom stereocenters. The molecule has 3 aliphatic rings. The molecule has 18 heteroatoms. The molecule has 2 aliphatic heterocycles. The van der Waals surface area contributed by atoms with Crippen LogP contribution in [-0.4, -0.2) is 102 Å². The van der Waals surface area contributed by atoms with Crippen LogP contribution in [0.1, 0.15) is 63.5 Å². The van der Waals surface area contributed by atoms with Gasteiger partial charge in [-0.05, 0) is 73.6 Å². The molecule has 1 saturated carbocycles. The Balaban J connectivity index is 1.03. The van der Waals surface area contributed by atoms with E-state index in [1.807, 2.05) is 17.8 Å². The highest BCUT2D eigenvalue weighted by Gasteiger charge is 2.42. The Hall–Kier alpha value is -4.86. The number of fused-ring (bicyclic) bond motifs is 2. The fraction of sp³-hybridized carbons (Fsp3) is 0.559. The summed E-state index contributed by atoms with van der Waals surface area (Å²) in [6.07, 6.45) is 8.02. The summed E-state index contributed by atoms with van der Waals surface area (Å²) in [5.41, 5.74) is 2.32. The van der Waals surface area contributed by atoms with Crippen molar-refractivity contribution < 1.29 is 32.1 Å². The van der Waals surface area contributed by atoms with E-state index < -0.39 is 13.0 Å². The van der Waals surface area contributed by atoms with E-state index in [2.05, 4.69) is 46.5 Å². The van der Waals surface area contributed by atoms with Crippen LogP contribution in [0.25, 0.3) is 11.1 Å². The zero-order chi connectivity index (χ0) is 36.1. The maximum absolute atomic E-state index is 12.5. The fourth-order valence-corrected chi connectivity index (χ4v) is 7.38. The minimum Gasteiger partial charge on any atom is -0.487 e. The Morgan fingerprint density at radius 3 is 2.42 bits per heavy atom. The van der Waals surface area contributed by atoms with E-state index in [9.17, 15) is 18.4 Å². The molecule has 276 valence electrons. The number of anilines is 2. The van der Waals surface area contributed by atoms with Crippen LogP contribution in [-0.2, 0) is 16.0 Å². The molecule has 5 heterocycles. The fourth-order valence-electron chi connectivity index (χ4n) is 7.38. The smallest absolute Gasteiger partial charge is 0.487 e. The lowest BCUT2D eigenvalue weighted by atomic mass is 9.89. The summed E-state index contributed by atoms with van der Waals surface area (Å²) in [6, 6.07) is 9.09. The number of nitriles is 1. The summed E-state index contributed by atoms with van der Waals surface area (Å²) >= 11 is 0. The lowest BCUT2D eigenvalue weighted by Crippen LogP contribution is -2.52. The van der Waals surface area contributed by atoms with Crippen LogP contribution >= 0.6 is 0 Å². The summed E-state index contributed by atoms with van der Waals surface area (Å²) in [4.78, 5) is 11.7. The minimum absolute atomic E-state index is 0.0223. The molecule has 1 N–H and O–H groups in total. The van der Waals surface area contributed by atoms with E-state index in [0.29, 0.717) is 47.2 Å². The quantitative estimate of drug-likeness (QED) is 0.172. The first-order valence-corrected chi connectivity index (χ1v) is 17.5. The highest BCUT2D eigenvalue weighted by Crippen LogP contribution is 2.39. The maximum Gasteiger partial charge on any atom is 0.522 e. The Morgan fingerprint density at radius 2 is 1.73 bits per heavy atom. The van der Waals surface area contributed by atoms with Gasteiger partial charge in [0.25, 0.3) is 5.88 Å². The average molecular weight is 724 g/mol. The first-order chi connectivity index (χ1) is 25.2. The average Bonchev–Trinajstić information content (AvgIpc) is 3.86. The number of alkyl halides is 3. The number of benzene rings is 1. The van der Waals surface area contributed by atoms with Crippen molar-refractivity contribution in [2.45, 2.75) is 95.0 Å². The Labute approximate surface area is 298 Å². The van der Waals surface area contributed by atoms with E-state index in [0.717, 1.165) is 44.5 Å². The molecule has 4 aromatic rings. The molecule has 0 unspecified atom stereocenters. The maximum atomic E-state index is 12.5. The van der Waals surface area contributed by atoms with Gasteiger partial charge in [-0.2, -0.15) is 5.26 Å². The highest BCUT2D eigenvalue weighted by atomic mass is 19.4. The molecular formula is C34H40F3N11O4. The van der Waals surface area contributed by atoms with Crippen molar-refractivity contribution in [2.75, 3.05) is 31.7 Å². The lowest BCUT2D eigenvalue weighted by Gasteiger charge is -2.43. The number of nitrogens with one attached hydrogen (secondary N) is 1. The van der Waals surface area contributed by atoms with Crippen LogP contribution in [0.5, 0.6) is 11.6 Å². The standard InChI is InChI=1S/C34H40F3N11O4/c1-22(17-46-21-41-44-45-46)52-31-13-23(3-4-24(31)14-38)25-15-39-33(40-16-25)42-30-18-47(43-32(30)50-11-2-12-51-34(35,36)37)26-5-7-27(8-6-26)48-28-9-10-29(48)20-49-19-28/h3-4,13,15-16,18,21-22,26-29H,2,5-12,17,19-20H2,1H3,(H,39,40,42)/t22-,26?,27?,28-,29+/m0/s1. The SMILES string of the molecule is C[C@@H](Cn1cnnn1)Oc1cc(-c2cnc(Nc3cn(C4CCC(N5[C@@H]6CC[C@H]5COC6)CC4)nc3OCCCOC(F)(F)F)nc2)ccc1C#N. The van der Waals surface area contributed by atoms with Gasteiger partial charge in [0.1, 0.15) is 29.9 Å². The zero-order valence-corrected chi connectivity index (χ0v) is 28.7. The van der Waals surface area contributed by atoms with Gasteiger partial charge in [0.05, 0.1) is 50.8 Å². The molecule has 3 fully saturated rings. The van der Waals surface area contributed by atoms with Gasteiger partial charge in [0.2, 0.25) is 5.95 Å². The summed E-state index contributed by atoms with van der Waals surface area (Å²) in [5, 5.41) is 28.7. The molecule has 0 radical (unpaired) electrons. The third-order valence-electron chi connectivity index (χ3n) is 9.75. The highest BCUT2D eigenvalue weighted by molar-refractivity contribution is 5.67. The number of nitrogens with zero attached hydrogens (tertiary/aromatic N) is 10. The second kappa shape index (κ2) is 15.8. The van der Waals surface area contributed by atoms with Crippen LogP contribution in [0.15, 0.2) is 43.1 Å². The van der Waals surface area contributed by atoms with Crippen LogP contribution in [0.3, 0.4) is 0 Å². The Bertz CT molecular complexity index is 1790. The first-order valence-electron chi connectivity index (χ1n) is 17.5. The van der Waals surface area contributed by atoms with Gasteiger partial charge in [-0.3, -0.25) is 14.3 Å². The second-order valence-corrected chi connectivity index (χ2v) is 13.4. The monoisotopic (exact) mass is 723 g/mol. The molecule has 1 aliphatic carbocycles. The van der Waals surface area contributed by atoms with Crippen LogP contribution < -0.4 is 14.8 Å². The summed E-state index contributed by atoms with van der Waals surface area (Å²) in [5.74, 6) is 0.932. The molecular weight excluding hydrogens is 683 g/mol. The van der Waals surface area contributed by atoms with E-state index in [-0.39, 0.29) is 37.0 Å². The minimum atomic E-state index is -4.70. The second-order valence-electron chi connectivity index (χ2n) is 13.4. The number of hydrogen-bond acceptors (Lipinski definition) is 13. The van der Waals surface area contributed by atoms with Gasteiger partial charge in [-0.15, -0.1) is 23.4 Å². The third kappa shape index (κ3) is 8.60. The number of halogens is 3. The zero-order valence-electron chi connectivity index (χ0n) is 28.7. The van der Waals surface area contributed by atoms with Gasteiger partial charge in [0.15, 0.2) is 0 Å². The van der Waals surface area contributed by atoms with Crippen molar-refractivity contribution >= 4 is 11.6 Å². The molecule has 0 amide bonds. The van der Waals surface area contributed by atoms with Crippen molar-refractivity contribution in [3.63, 3.8) is 0 Å². The molecule has 0 spiro atoms. The van der Waals surface area contributed by atoms with E-state index in [1.54, 1.807) is 35.3 Å². The number of ether oxygens (including phenoxy) is 4. The van der Waals surface area contributed by atoms with Gasteiger partial charge < -0.3 is 19.5 Å². The van der Waals surface area contributed by atoms with Gasteiger partial charge in [-0.25, -0.2) is 14.6 Å². The number of aromatic nitrogens is 8. The van der Waals surface area contributed by atoms with Crippen molar-refractivity contribution in [1.29, 1.82) is 5.26 Å². The number of rotatable bonds is 14. The molecule has 1 aromatic carbocycles. The Kier molecular flexibility index (Phi) is 10.8. The van der Waals surface area contributed by atoms with Crippen molar-refractivity contribution in [1.82, 2.24) is 44.9 Å². The predicted octanol–water partition coefficient (Wildman–Crippen LogP) is 5.06. The molecule has 2 saturated heterocycles. The van der Waals surface area contributed by atoms with Crippen molar-refractivity contribution in [2.24, 2.45) is 0 Å². The molecule has 2 bridgehead atoms. The van der Waals surface area contributed by atoms with Crippen LogP contribution in [0.4, 0.5) is 24.8 Å². The van der Waals surface area contributed by atoms with E-state index >= 15 is 0 Å².